The lowest BCUT2D eigenvalue weighted by Gasteiger charge is -2.14. The molecule has 3 heterocycles. The lowest BCUT2D eigenvalue weighted by Crippen LogP contribution is -2.29. The summed E-state index contributed by atoms with van der Waals surface area (Å²) in [4.78, 5) is 17.3. The van der Waals surface area contributed by atoms with Crippen LogP contribution in [0.2, 0.25) is 0 Å². The highest BCUT2D eigenvalue weighted by Crippen LogP contribution is 2.17. The average molecular weight is 405 g/mol. The van der Waals surface area contributed by atoms with Crippen LogP contribution >= 0.6 is 0 Å². The predicted octanol–water partition coefficient (Wildman–Crippen LogP) is 3.19. The molecule has 0 aliphatic rings. The van der Waals surface area contributed by atoms with Crippen LogP contribution in [-0.4, -0.2) is 25.9 Å². The fourth-order valence-electron chi connectivity index (χ4n) is 3.67. The number of aromatic nitrogens is 4. The Bertz CT molecular complexity index is 1230. The molecule has 0 amide bonds. The van der Waals surface area contributed by atoms with E-state index in [0.717, 1.165) is 28.9 Å². The second-order valence-corrected chi connectivity index (χ2v) is 7.45. The average Bonchev–Trinajstić information content (AvgIpc) is 3.06. The Morgan fingerprint density at radius 2 is 2.00 bits per heavy atom. The third kappa shape index (κ3) is 4.31. The number of hydrogen-bond acceptors (Lipinski definition) is 4. The van der Waals surface area contributed by atoms with Crippen molar-refractivity contribution in [3.05, 3.63) is 93.5 Å². The van der Waals surface area contributed by atoms with E-state index in [2.05, 4.69) is 15.4 Å². The third-order valence-electron chi connectivity index (χ3n) is 5.12. The second kappa shape index (κ2) is 8.59. The van der Waals surface area contributed by atoms with Crippen molar-refractivity contribution in [1.82, 2.24) is 24.6 Å². The Labute approximate surface area is 174 Å². The first-order valence-corrected chi connectivity index (χ1v) is 9.94. The molecule has 0 aliphatic carbocycles. The molecular formula is C23H24FN5O. The highest BCUT2D eigenvalue weighted by molar-refractivity contribution is 5.79. The number of aryl methyl sites for hydroxylation is 2. The summed E-state index contributed by atoms with van der Waals surface area (Å²) in [6.07, 6.45) is 3.41. The van der Waals surface area contributed by atoms with Crippen molar-refractivity contribution >= 4 is 10.9 Å². The van der Waals surface area contributed by atoms with Crippen molar-refractivity contribution < 1.29 is 4.39 Å². The Balaban J connectivity index is 1.58. The smallest absolute Gasteiger partial charge is 0.255 e. The van der Waals surface area contributed by atoms with Gasteiger partial charge in [-0.1, -0.05) is 6.07 Å². The molecule has 0 bridgehead atoms. The number of benzene rings is 1. The van der Waals surface area contributed by atoms with Crippen LogP contribution in [0.5, 0.6) is 0 Å². The monoisotopic (exact) mass is 405 g/mol. The van der Waals surface area contributed by atoms with Gasteiger partial charge in [0.25, 0.3) is 5.56 Å². The van der Waals surface area contributed by atoms with Crippen molar-refractivity contribution in [2.75, 3.05) is 6.54 Å². The first kappa shape index (κ1) is 20.0. The summed E-state index contributed by atoms with van der Waals surface area (Å²) in [5.41, 5.74) is 4.09. The lowest BCUT2D eigenvalue weighted by molar-refractivity contribution is 0.540. The summed E-state index contributed by atoms with van der Waals surface area (Å²) in [6, 6.07) is 12.2. The molecular weight excluding hydrogens is 381 g/mol. The molecule has 0 aliphatic heterocycles. The molecule has 0 spiro atoms. The molecule has 0 unspecified atom stereocenters. The summed E-state index contributed by atoms with van der Waals surface area (Å²) < 4.78 is 17.5. The summed E-state index contributed by atoms with van der Waals surface area (Å²) in [6.45, 7) is 6.18. The highest BCUT2D eigenvalue weighted by Gasteiger charge is 2.11. The number of nitrogens with zero attached hydrogens (tertiary/aromatic N) is 4. The minimum Gasteiger partial charge on any atom is -0.311 e. The van der Waals surface area contributed by atoms with Crippen LogP contribution in [0.25, 0.3) is 10.9 Å². The molecule has 6 nitrogen and oxygen atoms in total. The van der Waals surface area contributed by atoms with E-state index in [4.69, 9.17) is 0 Å². The Morgan fingerprint density at radius 3 is 2.73 bits per heavy atom. The van der Waals surface area contributed by atoms with Crippen LogP contribution in [0.1, 0.15) is 22.5 Å². The normalized spacial score (nSPS) is 11.3. The van der Waals surface area contributed by atoms with Gasteiger partial charge in [-0.25, -0.2) is 4.39 Å². The van der Waals surface area contributed by atoms with Gasteiger partial charge in [0.2, 0.25) is 0 Å². The SMILES string of the molecule is Cc1cc(C)n(CCNCc2cc3ccc(F)cc3n(Cc3cccnc3)c2=O)n1. The zero-order valence-electron chi connectivity index (χ0n) is 17.1. The quantitative estimate of drug-likeness (QED) is 0.480. The van der Waals surface area contributed by atoms with Gasteiger partial charge in [-0.3, -0.25) is 14.5 Å². The van der Waals surface area contributed by atoms with E-state index < -0.39 is 0 Å². The zero-order chi connectivity index (χ0) is 21.1. The van der Waals surface area contributed by atoms with E-state index in [9.17, 15) is 9.18 Å². The van der Waals surface area contributed by atoms with Crippen LogP contribution in [0, 0.1) is 19.7 Å². The van der Waals surface area contributed by atoms with Crippen LogP contribution in [0.15, 0.2) is 59.7 Å². The summed E-state index contributed by atoms with van der Waals surface area (Å²) in [5, 5.41) is 8.61. The minimum atomic E-state index is -0.363. The molecule has 0 radical (unpaired) electrons. The minimum absolute atomic E-state index is 0.129. The summed E-state index contributed by atoms with van der Waals surface area (Å²) in [5.74, 6) is -0.363. The molecule has 3 aromatic heterocycles. The predicted molar refractivity (Wildman–Crippen MR) is 115 cm³/mol. The largest absolute Gasteiger partial charge is 0.311 e. The number of pyridine rings is 2. The van der Waals surface area contributed by atoms with Gasteiger partial charge >= 0.3 is 0 Å². The number of halogens is 1. The van der Waals surface area contributed by atoms with E-state index in [0.29, 0.717) is 30.7 Å². The summed E-state index contributed by atoms with van der Waals surface area (Å²) >= 11 is 0. The first-order valence-electron chi connectivity index (χ1n) is 9.94. The van der Waals surface area contributed by atoms with Gasteiger partial charge in [0.1, 0.15) is 5.82 Å². The molecule has 0 saturated heterocycles. The van der Waals surface area contributed by atoms with Gasteiger partial charge in [-0.15, -0.1) is 0 Å². The number of rotatable bonds is 7. The van der Waals surface area contributed by atoms with Crippen LogP contribution < -0.4 is 10.9 Å². The van der Waals surface area contributed by atoms with Crippen molar-refractivity contribution in [3.8, 4) is 0 Å². The first-order chi connectivity index (χ1) is 14.5. The Hall–Kier alpha value is -3.32. The van der Waals surface area contributed by atoms with Gasteiger partial charge in [0, 0.05) is 36.7 Å². The molecule has 7 heteroatoms. The third-order valence-corrected chi connectivity index (χ3v) is 5.12. The Kier molecular flexibility index (Phi) is 5.72. The molecule has 0 fully saturated rings. The van der Waals surface area contributed by atoms with Crippen molar-refractivity contribution in [1.29, 1.82) is 0 Å². The fraction of sp³-hybridized carbons (Fsp3) is 0.261. The molecule has 4 rings (SSSR count). The van der Waals surface area contributed by atoms with Crippen LogP contribution in [0.3, 0.4) is 0 Å². The van der Waals surface area contributed by atoms with Gasteiger partial charge in [0.05, 0.1) is 24.3 Å². The molecule has 1 N–H and O–H groups in total. The fourth-order valence-corrected chi connectivity index (χ4v) is 3.67. The van der Waals surface area contributed by atoms with Gasteiger partial charge in [-0.05, 0) is 61.2 Å². The maximum Gasteiger partial charge on any atom is 0.255 e. The van der Waals surface area contributed by atoms with E-state index in [1.807, 2.05) is 42.8 Å². The van der Waals surface area contributed by atoms with Gasteiger partial charge in [-0.2, -0.15) is 5.10 Å². The molecule has 154 valence electrons. The van der Waals surface area contributed by atoms with Crippen molar-refractivity contribution in [2.24, 2.45) is 0 Å². The molecule has 30 heavy (non-hydrogen) atoms. The van der Waals surface area contributed by atoms with E-state index in [1.54, 1.807) is 23.0 Å². The molecule has 4 aromatic rings. The number of hydrogen-bond donors (Lipinski definition) is 1. The van der Waals surface area contributed by atoms with E-state index >= 15 is 0 Å². The van der Waals surface area contributed by atoms with E-state index in [-0.39, 0.29) is 11.4 Å². The molecule has 0 atom stereocenters. The van der Waals surface area contributed by atoms with Crippen LogP contribution in [-0.2, 0) is 19.6 Å². The second-order valence-electron chi connectivity index (χ2n) is 7.45. The van der Waals surface area contributed by atoms with Crippen molar-refractivity contribution in [2.45, 2.75) is 33.5 Å². The number of fused-ring (bicyclic) bond motifs is 1. The zero-order valence-corrected chi connectivity index (χ0v) is 17.1. The molecule has 1 aromatic carbocycles. The maximum absolute atomic E-state index is 13.9. The maximum atomic E-state index is 13.9. The lowest BCUT2D eigenvalue weighted by atomic mass is 10.1. The summed E-state index contributed by atoms with van der Waals surface area (Å²) in [7, 11) is 0. The topological polar surface area (TPSA) is 64.7 Å². The Morgan fingerprint density at radius 1 is 1.13 bits per heavy atom. The highest BCUT2D eigenvalue weighted by atomic mass is 19.1. The van der Waals surface area contributed by atoms with Crippen molar-refractivity contribution in [3.63, 3.8) is 0 Å². The van der Waals surface area contributed by atoms with Crippen LogP contribution in [0.4, 0.5) is 4.39 Å². The number of nitrogens with one attached hydrogen (secondary N) is 1. The van der Waals surface area contributed by atoms with Gasteiger partial charge in [0.15, 0.2) is 0 Å². The molecule has 0 saturated carbocycles. The van der Waals surface area contributed by atoms with E-state index in [1.165, 1.54) is 12.1 Å². The standard InChI is InChI=1S/C23H24FN5O/c1-16-10-17(2)29(27-16)9-8-26-14-20-11-19-5-6-21(24)12-22(19)28(23(20)30)15-18-4-3-7-25-13-18/h3-7,10-13,26H,8-9,14-15H2,1-2H3. The van der Waals surface area contributed by atoms with Gasteiger partial charge < -0.3 is 9.88 Å².